The normalized spacial score (nSPS) is 21.8. The number of hydrogen-bond donors (Lipinski definition) is 1. The summed E-state index contributed by atoms with van der Waals surface area (Å²) in [7, 11) is 0. The van der Waals surface area contributed by atoms with E-state index in [4.69, 9.17) is 0 Å². The van der Waals surface area contributed by atoms with Crippen LogP contribution in [0.15, 0.2) is 28.9 Å². The van der Waals surface area contributed by atoms with Crippen molar-refractivity contribution in [3.05, 3.63) is 34.4 Å². The van der Waals surface area contributed by atoms with Crippen LogP contribution in [-0.4, -0.2) is 16.8 Å². The first kappa shape index (κ1) is 15.5. The molecular formula is C18H21BrN2O. The minimum atomic E-state index is 0.0565. The molecule has 1 aliphatic carbocycles. The Morgan fingerprint density at radius 2 is 2.00 bits per heavy atom. The summed E-state index contributed by atoms with van der Waals surface area (Å²) in [5.41, 5.74) is 2.54. The Labute approximate surface area is 139 Å². The van der Waals surface area contributed by atoms with Crippen LogP contribution in [-0.2, 0) is 0 Å². The second-order valence-electron chi connectivity index (χ2n) is 6.37. The summed E-state index contributed by atoms with van der Waals surface area (Å²) >= 11 is 3.52. The van der Waals surface area contributed by atoms with Crippen molar-refractivity contribution in [3.8, 4) is 0 Å². The van der Waals surface area contributed by atoms with Crippen molar-refractivity contribution in [2.24, 2.45) is 5.92 Å². The molecule has 0 amide bonds. The third-order valence-corrected chi connectivity index (χ3v) is 5.07. The Balaban J connectivity index is 2.02. The highest BCUT2D eigenvalue weighted by atomic mass is 79.9. The van der Waals surface area contributed by atoms with Gasteiger partial charge in [0.1, 0.15) is 0 Å². The van der Waals surface area contributed by atoms with Crippen LogP contribution in [0.25, 0.3) is 10.9 Å². The second kappa shape index (κ2) is 6.37. The fraction of sp³-hybridized carbons (Fsp3) is 0.444. The van der Waals surface area contributed by atoms with Crippen LogP contribution in [0.1, 0.15) is 49.9 Å². The van der Waals surface area contributed by atoms with Crippen LogP contribution in [0.5, 0.6) is 0 Å². The van der Waals surface area contributed by atoms with Gasteiger partial charge in [0.2, 0.25) is 0 Å². The predicted molar refractivity (Wildman–Crippen MR) is 94.5 cm³/mol. The van der Waals surface area contributed by atoms with E-state index >= 15 is 0 Å². The zero-order valence-electron chi connectivity index (χ0n) is 13.0. The average Bonchev–Trinajstić information content (AvgIpc) is 2.49. The van der Waals surface area contributed by atoms with E-state index in [9.17, 15) is 4.79 Å². The lowest BCUT2D eigenvalue weighted by Crippen LogP contribution is -2.26. The zero-order chi connectivity index (χ0) is 15.7. The Morgan fingerprint density at radius 1 is 1.27 bits per heavy atom. The highest BCUT2D eigenvalue weighted by Crippen LogP contribution is 2.32. The van der Waals surface area contributed by atoms with Gasteiger partial charge in [0.05, 0.1) is 16.8 Å². The molecule has 1 heterocycles. The Bertz CT molecular complexity index is 706. The molecule has 1 aromatic carbocycles. The summed E-state index contributed by atoms with van der Waals surface area (Å²) < 4.78 is 1.00. The van der Waals surface area contributed by atoms with E-state index in [-0.39, 0.29) is 5.78 Å². The molecular weight excluding hydrogens is 340 g/mol. The van der Waals surface area contributed by atoms with Gasteiger partial charge in [0.25, 0.3) is 0 Å². The monoisotopic (exact) mass is 360 g/mol. The number of hydrogen-bond acceptors (Lipinski definition) is 3. The summed E-state index contributed by atoms with van der Waals surface area (Å²) in [6.45, 7) is 3.92. The van der Waals surface area contributed by atoms with Crippen molar-refractivity contribution in [2.75, 3.05) is 5.32 Å². The number of fused-ring (bicyclic) bond motifs is 1. The Kier molecular flexibility index (Phi) is 4.48. The fourth-order valence-electron chi connectivity index (χ4n) is 3.20. The molecule has 1 aliphatic rings. The summed E-state index contributed by atoms with van der Waals surface area (Å²) in [6.07, 6.45) is 6.53. The molecule has 22 heavy (non-hydrogen) atoms. The quantitative estimate of drug-likeness (QED) is 0.765. The molecule has 4 heteroatoms. The molecule has 0 aliphatic heterocycles. The number of anilines is 1. The van der Waals surface area contributed by atoms with Gasteiger partial charge in [-0.15, -0.1) is 0 Å². The number of rotatable bonds is 3. The van der Waals surface area contributed by atoms with Crippen molar-refractivity contribution in [2.45, 2.75) is 45.6 Å². The van der Waals surface area contributed by atoms with Crippen LogP contribution in [0.2, 0.25) is 0 Å². The molecule has 0 saturated heterocycles. The van der Waals surface area contributed by atoms with Crippen LogP contribution in [0.3, 0.4) is 0 Å². The third kappa shape index (κ3) is 3.17. The molecule has 3 rings (SSSR count). The van der Waals surface area contributed by atoms with Gasteiger partial charge in [-0.25, -0.2) is 0 Å². The van der Waals surface area contributed by atoms with E-state index in [0.717, 1.165) is 39.8 Å². The maximum absolute atomic E-state index is 12.0. The van der Waals surface area contributed by atoms with E-state index in [1.165, 1.54) is 12.8 Å². The molecule has 0 bridgehead atoms. The molecule has 1 saturated carbocycles. The van der Waals surface area contributed by atoms with Crippen molar-refractivity contribution in [3.63, 3.8) is 0 Å². The standard InChI is InChI=1S/C18H21BrN2O/c1-11-3-6-14(7-4-11)21-18-15-9-13(19)5-8-17(15)20-10-16(18)12(2)22/h5,8-11,14H,3-4,6-7H2,1-2H3,(H,20,21). The number of nitrogens with one attached hydrogen (secondary N) is 1. The molecule has 0 spiro atoms. The number of carbonyl (C=O) groups is 1. The number of aromatic nitrogens is 1. The van der Waals surface area contributed by atoms with Crippen molar-refractivity contribution >= 4 is 38.3 Å². The van der Waals surface area contributed by atoms with Gasteiger partial charge in [-0.05, 0) is 56.7 Å². The van der Waals surface area contributed by atoms with Gasteiger partial charge >= 0.3 is 0 Å². The summed E-state index contributed by atoms with van der Waals surface area (Å²) in [5, 5.41) is 4.65. The van der Waals surface area contributed by atoms with Gasteiger partial charge < -0.3 is 5.32 Å². The molecule has 3 nitrogen and oxygen atoms in total. The highest BCUT2D eigenvalue weighted by Gasteiger charge is 2.21. The number of Topliss-reactive ketones (excluding diaryl/α,β-unsaturated/α-hetero) is 1. The number of halogens is 1. The van der Waals surface area contributed by atoms with Gasteiger partial charge in [-0.1, -0.05) is 22.9 Å². The highest BCUT2D eigenvalue weighted by molar-refractivity contribution is 9.10. The lowest BCUT2D eigenvalue weighted by Gasteiger charge is -2.29. The average molecular weight is 361 g/mol. The molecule has 1 N–H and O–H groups in total. The summed E-state index contributed by atoms with van der Waals surface area (Å²) in [5.74, 6) is 0.870. The molecule has 0 atom stereocenters. The predicted octanol–water partition coefficient (Wildman–Crippen LogP) is 5.19. The minimum absolute atomic E-state index is 0.0565. The SMILES string of the molecule is CC(=O)c1cnc2ccc(Br)cc2c1NC1CCC(C)CC1. The van der Waals surface area contributed by atoms with Crippen molar-refractivity contribution in [1.29, 1.82) is 0 Å². The molecule has 0 unspecified atom stereocenters. The summed E-state index contributed by atoms with van der Waals surface area (Å²) in [6, 6.07) is 6.45. The number of carbonyl (C=O) groups excluding carboxylic acids is 1. The second-order valence-corrected chi connectivity index (χ2v) is 7.28. The lowest BCUT2D eigenvalue weighted by molar-refractivity contribution is 0.101. The third-order valence-electron chi connectivity index (χ3n) is 4.57. The number of nitrogens with zero attached hydrogens (tertiary/aromatic N) is 1. The molecule has 1 fully saturated rings. The minimum Gasteiger partial charge on any atom is -0.381 e. The fourth-order valence-corrected chi connectivity index (χ4v) is 3.56. The molecule has 116 valence electrons. The Hall–Kier alpha value is -1.42. The van der Waals surface area contributed by atoms with E-state index < -0.39 is 0 Å². The Morgan fingerprint density at radius 3 is 2.68 bits per heavy atom. The van der Waals surface area contributed by atoms with E-state index in [0.29, 0.717) is 11.6 Å². The topological polar surface area (TPSA) is 42.0 Å². The first-order valence-electron chi connectivity index (χ1n) is 7.90. The number of benzene rings is 1. The van der Waals surface area contributed by atoms with Crippen LogP contribution < -0.4 is 5.32 Å². The van der Waals surface area contributed by atoms with E-state index in [2.05, 4.69) is 33.2 Å². The van der Waals surface area contributed by atoms with Crippen LogP contribution in [0.4, 0.5) is 5.69 Å². The van der Waals surface area contributed by atoms with Crippen LogP contribution in [0, 0.1) is 5.92 Å². The van der Waals surface area contributed by atoms with Gasteiger partial charge in [-0.3, -0.25) is 9.78 Å². The first-order chi connectivity index (χ1) is 10.5. The lowest BCUT2D eigenvalue weighted by atomic mass is 9.87. The summed E-state index contributed by atoms with van der Waals surface area (Å²) in [4.78, 5) is 16.4. The maximum Gasteiger partial charge on any atom is 0.163 e. The number of ketones is 1. The molecule has 2 aromatic rings. The van der Waals surface area contributed by atoms with Gasteiger partial charge in [0.15, 0.2) is 5.78 Å². The number of pyridine rings is 1. The van der Waals surface area contributed by atoms with Gasteiger partial charge in [0, 0.05) is 22.1 Å². The van der Waals surface area contributed by atoms with E-state index in [1.54, 1.807) is 13.1 Å². The largest absolute Gasteiger partial charge is 0.381 e. The van der Waals surface area contributed by atoms with Crippen LogP contribution >= 0.6 is 15.9 Å². The smallest absolute Gasteiger partial charge is 0.163 e. The van der Waals surface area contributed by atoms with Crippen molar-refractivity contribution in [1.82, 2.24) is 4.98 Å². The first-order valence-corrected chi connectivity index (χ1v) is 8.69. The zero-order valence-corrected chi connectivity index (χ0v) is 14.6. The molecule has 1 aromatic heterocycles. The molecule has 0 radical (unpaired) electrons. The maximum atomic E-state index is 12.0. The van der Waals surface area contributed by atoms with Crippen molar-refractivity contribution < 1.29 is 4.79 Å². The van der Waals surface area contributed by atoms with E-state index in [1.807, 2.05) is 18.2 Å². The van der Waals surface area contributed by atoms with Gasteiger partial charge in [-0.2, -0.15) is 0 Å².